The highest BCUT2D eigenvalue weighted by Gasteiger charge is 2.17. The fraction of sp³-hybridized carbons (Fsp3) is 0.533. The van der Waals surface area contributed by atoms with Crippen molar-refractivity contribution in [2.45, 2.75) is 46.1 Å². The maximum Gasteiger partial charge on any atom is 0.293 e. The third-order valence-electron chi connectivity index (χ3n) is 3.49. The summed E-state index contributed by atoms with van der Waals surface area (Å²) in [6.45, 7) is 5.67. The summed E-state index contributed by atoms with van der Waals surface area (Å²) in [4.78, 5) is 32.2. The predicted octanol–water partition coefficient (Wildman–Crippen LogP) is 1.52. The second kappa shape index (κ2) is 7.66. The Morgan fingerprint density at radius 2 is 2.26 bits per heavy atom. The topological polar surface area (TPSA) is 103 Å². The number of carbonyl (C=O) groups is 1. The predicted molar refractivity (Wildman–Crippen MR) is 84.4 cm³/mol. The molecular formula is C15H21N5O3. The van der Waals surface area contributed by atoms with Crippen LogP contribution in [-0.2, 0) is 11.2 Å². The minimum Gasteiger partial charge on any atom is -0.365 e. The van der Waals surface area contributed by atoms with Crippen LogP contribution in [0.1, 0.15) is 44.4 Å². The van der Waals surface area contributed by atoms with Crippen LogP contribution in [0.15, 0.2) is 21.7 Å². The molecule has 0 aliphatic carbocycles. The smallest absolute Gasteiger partial charge is 0.293 e. The van der Waals surface area contributed by atoms with Gasteiger partial charge in [0.15, 0.2) is 17.4 Å². The van der Waals surface area contributed by atoms with Gasteiger partial charge in [-0.25, -0.2) is 4.98 Å². The van der Waals surface area contributed by atoms with E-state index < -0.39 is 6.04 Å². The lowest BCUT2D eigenvalue weighted by atomic mass is 10.1. The van der Waals surface area contributed by atoms with Crippen LogP contribution in [0.4, 0.5) is 5.82 Å². The molecule has 0 aromatic carbocycles. The number of ketones is 1. The van der Waals surface area contributed by atoms with Gasteiger partial charge in [-0.3, -0.25) is 9.59 Å². The summed E-state index contributed by atoms with van der Waals surface area (Å²) < 4.78 is 6.45. The summed E-state index contributed by atoms with van der Waals surface area (Å²) >= 11 is 0. The lowest BCUT2D eigenvalue weighted by molar-refractivity contribution is -0.120. The SMILES string of the molecule is CCC(C(C)=O)n1ccnc(NCCCc2nc(C)no2)c1=O. The van der Waals surface area contributed by atoms with Crippen LogP contribution in [0, 0.1) is 6.92 Å². The van der Waals surface area contributed by atoms with Gasteiger partial charge in [-0.1, -0.05) is 12.1 Å². The number of nitrogens with zero attached hydrogens (tertiary/aromatic N) is 4. The van der Waals surface area contributed by atoms with Gasteiger partial charge >= 0.3 is 0 Å². The Hall–Kier alpha value is -2.51. The van der Waals surface area contributed by atoms with Crippen LogP contribution < -0.4 is 10.9 Å². The van der Waals surface area contributed by atoms with Crippen molar-refractivity contribution < 1.29 is 9.32 Å². The first-order valence-electron chi connectivity index (χ1n) is 7.63. The van der Waals surface area contributed by atoms with E-state index in [1.165, 1.54) is 17.7 Å². The minimum atomic E-state index is -0.451. The zero-order valence-electron chi connectivity index (χ0n) is 13.6. The Labute approximate surface area is 133 Å². The molecule has 124 valence electrons. The number of nitrogens with one attached hydrogen (secondary N) is 1. The molecule has 2 aromatic rings. The molecule has 0 radical (unpaired) electrons. The zero-order chi connectivity index (χ0) is 16.8. The lowest BCUT2D eigenvalue weighted by Crippen LogP contribution is -2.30. The molecule has 0 aliphatic heterocycles. The largest absolute Gasteiger partial charge is 0.365 e. The molecule has 0 bridgehead atoms. The van der Waals surface area contributed by atoms with Crippen LogP contribution in [-0.4, -0.2) is 32.0 Å². The van der Waals surface area contributed by atoms with Gasteiger partial charge in [0.2, 0.25) is 5.89 Å². The van der Waals surface area contributed by atoms with Gasteiger partial charge in [0, 0.05) is 25.4 Å². The van der Waals surface area contributed by atoms with Crippen molar-refractivity contribution in [2.24, 2.45) is 0 Å². The maximum absolute atomic E-state index is 12.4. The molecule has 23 heavy (non-hydrogen) atoms. The molecule has 8 heteroatoms. The van der Waals surface area contributed by atoms with Gasteiger partial charge in [0.25, 0.3) is 5.56 Å². The van der Waals surface area contributed by atoms with E-state index in [1.54, 1.807) is 13.1 Å². The van der Waals surface area contributed by atoms with Gasteiger partial charge in [0.1, 0.15) is 0 Å². The Kier molecular flexibility index (Phi) is 5.61. The van der Waals surface area contributed by atoms with Crippen molar-refractivity contribution >= 4 is 11.6 Å². The van der Waals surface area contributed by atoms with Crippen LogP contribution in [0.5, 0.6) is 0 Å². The summed E-state index contributed by atoms with van der Waals surface area (Å²) in [6, 6.07) is -0.451. The second-order valence-electron chi connectivity index (χ2n) is 5.29. The number of Topliss-reactive ketones (excluding diaryl/α,β-unsaturated/α-hetero) is 1. The number of anilines is 1. The first-order chi connectivity index (χ1) is 11.0. The van der Waals surface area contributed by atoms with Crippen molar-refractivity contribution in [3.8, 4) is 0 Å². The van der Waals surface area contributed by atoms with Gasteiger partial charge in [-0.15, -0.1) is 0 Å². The van der Waals surface area contributed by atoms with E-state index in [0.717, 1.165) is 6.42 Å². The van der Waals surface area contributed by atoms with Crippen LogP contribution >= 0.6 is 0 Å². The monoisotopic (exact) mass is 319 g/mol. The van der Waals surface area contributed by atoms with E-state index in [2.05, 4.69) is 20.4 Å². The maximum atomic E-state index is 12.4. The first-order valence-corrected chi connectivity index (χ1v) is 7.63. The second-order valence-corrected chi connectivity index (χ2v) is 5.29. The van der Waals surface area contributed by atoms with Gasteiger partial charge in [-0.05, 0) is 26.7 Å². The summed E-state index contributed by atoms with van der Waals surface area (Å²) in [5.74, 6) is 1.38. The molecule has 0 amide bonds. The summed E-state index contributed by atoms with van der Waals surface area (Å²) in [5.41, 5.74) is -0.289. The Bertz CT molecular complexity index is 722. The number of hydrogen-bond acceptors (Lipinski definition) is 7. The highest BCUT2D eigenvalue weighted by molar-refractivity contribution is 5.79. The van der Waals surface area contributed by atoms with E-state index in [0.29, 0.717) is 31.1 Å². The molecule has 2 heterocycles. The molecule has 1 atom stereocenters. The number of hydrogen-bond donors (Lipinski definition) is 1. The molecule has 1 unspecified atom stereocenters. The molecule has 0 saturated heterocycles. The fourth-order valence-corrected chi connectivity index (χ4v) is 2.36. The quantitative estimate of drug-likeness (QED) is 0.736. The molecule has 2 aromatic heterocycles. The molecule has 1 N–H and O–H groups in total. The molecule has 0 spiro atoms. The van der Waals surface area contributed by atoms with Gasteiger partial charge in [-0.2, -0.15) is 4.98 Å². The third-order valence-corrected chi connectivity index (χ3v) is 3.49. The Morgan fingerprint density at radius 1 is 1.48 bits per heavy atom. The van der Waals surface area contributed by atoms with Gasteiger partial charge in [0.05, 0.1) is 6.04 Å². The third kappa shape index (κ3) is 4.24. The Morgan fingerprint density at radius 3 is 2.87 bits per heavy atom. The highest BCUT2D eigenvalue weighted by atomic mass is 16.5. The standard InChI is InChI=1S/C15H21N5O3/c1-4-12(10(2)21)20-9-8-17-14(15(20)22)16-7-5-6-13-18-11(3)19-23-13/h8-9,12H,4-7H2,1-3H3,(H,16,17). The number of rotatable bonds is 8. The summed E-state index contributed by atoms with van der Waals surface area (Å²) in [7, 11) is 0. The molecule has 8 nitrogen and oxygen atoms in total. The van der Waals surface area contributed by atoms with Gasteiger partial charge < -0.3 is 14.4 Å². The zero-order valence-corrected chi connectivity index (χ0v) is 13.6. The average molecular weight is 319 g/mol. The average Bonchev–Trinajstić information content (AvgIpc) is 2.92. The van der Waals surface area contributed by atoms with Crippen molar-refractivity contribution in [3.05, 3.63) is 34.5 Å². The summed E-state index contributed by atoms with van der Waals surface area (Å²) in [5, 5.41) is 6.72. The lowest BCUT2D eigenvalue weighted by Gasteiger charge is -2.15. The summed E-state index contributed by atoms with van der Waals surface area (Å²) in [6.07, 6.45) is 4.98. The first kappa shape index (κ1) is 16.9. The Balaban J connectivity index is 1.98. The molecule has 0 aliphatic rings. The van der Waals surface area contributed by atoms with Crippen molar-refractivity contribution in [2.75, 3.05) is 11.9 Å². The minimum absolute atomic E-state index is 0.0430. The van der Waals surface area contributed by atoms with E-state index in [9.17, 15) is 9.59 Å². The van der Waals surface area contributed by atoms with E-state index in [1.807, 2.05) is 6.92 Å². The molecule has 2 rings (SSSR count). The number of carbonyl (C=O) groups excluding carboxylic acids is 1. The van der Waals surface area contributed by atoms with Crippen molar-refractivity contribution in [1.29, 1.82) is 0 Å². The van der Waals surface area contributed by atoms with Crippen molar-refractivity contribution in [3.63, 3.8) is 0 Å². The van der Waals surface area contributed by atoms with E-state index in [4.69, 9.17) is 4.52 Å². The highest BCUT2D eigenvalue weighted by Crippen LogP contribution is 2.10. The molecular weight excluding hydrogens is 298 g/mol. The van der Waals surface area contributed by atoms with Crippen LogP contribution in [0.2, 0.25) is 0 Å². The normalized spacial score (nSPS) is 12.1. The van der Waals surface area contributed by atoms with Crippen LogP contribution in [0.3, 0.4) is 0 Å². The number of aryl methyl sites for hydroxylation is 2. The van der Waals surface area contributed by atoms with E-state index in [-0.39, 0.29) is 17.2 Å². The van der Waals surface area contributed by atoms with E-state index >= 15 is 0 Å². The molecule has 0 fully saturated rings. The number of aromatic nitrogens is 4. The van der Waals surface area contributed by atoms with Crippen LogP contribution in [0.25, 0.3) is 0 Å². The molecule has 0 saturated carbocycles. The van der Waals surface area contributed by atoms with Crippen molar-refractivity contribution in [1.82, 2.24) is 19.7 Å². The fourth-order valence-electron chi connectivity index (χ4n) is 2.36.